The smallest absolute Gasteiger partial charge is 0.0558 e. The SMILES string of the molecule is C/C(=C\c1ccccc1)CN(CCO)Cc1ccccc1. The van der Waals surface area contributed by atoms with E-state index >= 15 is 0 Å². The van der Waals surface area contributed by atoms with Crippen molar-refractivity contribution in [2.24, 2.45) is 0 Å². The summed E-state index contributed by atoms with van der Waals surface area (Å²) in [6.07, 6.45) is 2.20. The Morgan fingerprint density at radius 1 is 1.00 bits per heavy atom. The number of hydrogen-bond acceptors (Lipinski definition) is 2. The predicted molar refractivity (Wildman–Crippen MR) is 88.9 cm³/mol. The maximum atomic E-state index is 9.26. The quantitative estimate of drug-likeness (QED) is 0.838. The summed E-state index contributed by atoms with van der Waals surface area (Å²) in [6, 6.07) is 20.7. The molecule has 0 radical (unpaired) electrons. The van der Waals surface area contributed by atoms with E-state index in [1.807, 2.05) is 12.1 Å². The van der Waals surface area contributed by atoms with E-state index in [1.54, 1.807) is 0 Å². The molecule has 0 amide bonds. The van der Waals surface area contributed by atoms with E-state index in [4.69, 9.17) is 0 Å². The van der Waals surface area contributed by atoms with E-state index in [0.717, 1.165) is 13.1 Å². The fraction of sp³-hybridized carbons (Fsp3) is 0.263. The number of aliphatic hydroxyl groups is 1. The molecule has 2 aromatic rings. The number of aliphatic hydroxyl groups excluding tert-OH is 1. The molecule has 2 nitrogen and oxygen atoms in total. The molecule has 0 atom stereocenters. The highest BCUT2D eigenvalue weighted by Crippen LogP contribution is 2.10. The molecule has 2 aromatic carbocycles. The van der Waals surface area contributed by atoms with Crippen LogP contribution in [0.2, 0.25) is 0 Å². The van der Waals surface area contributed by atoms with Gasteiger partial charge in [0, 0.05) is 19.6 Å². The van der Waals surface area contributed by atoms with E-state index in [0.29, 0.717) is 6.54 Å². The van der Waals surface area contributed by atoms with Gasteiger partial charge in [-0.05, 0) is 18.1 Å². The number of hydrogen-bond donors (Lipinski definition) is 1. The molecule has 0 aromatic heterocycles. The summed E-state index contributed by atoms with van der Waals surface area (Å²) in [4.78, 5) is 2.27. The Morgan fingerprint density at radius 3 is 2.24 bits per heavy atom. The Balaban J connectivity index is 2.00. The predicted octanol–water partition coefficient (Wildman–Crippen LogP) is 3.58. The lowest BCUT2D eigenvalue weighted by Gasteiger charge is -2.22. The van der Waals surface area contributed by atoms with Gasteiger partial charge in [0.05, 0.1) is 6.61 Å². The van der Waals surface area contributed by atoms with Gasteiger partial charge in [-0.25, -0.2) is 0 Å². The third-order valence-electron chi connectivity index (χ3n) is 3.35. The molecule has 2 rings (SSSR count). The van der Waals surface area contributed by atoms with Crippen molar-refractivity contribution in [1.82, 2.24) is 4.90 Å². The van der Waals surface area contributed by atoms with E-state index in [9.17, 15) is 5.11 Å². The van der Waals surface area contributed by atoms with Gasteiger partial charge in [0.15, 0.2) is 0 Å². The van der Waals surface area contributed by atoms with Crippen LogP contribution in [-0.2, 0) is 6.54 Å². The van der Waals surface area contributed by atoms with Crippen LogP contribution in [0.5, 0.6) is 0 Å². The van der Waals surface area contributed by atoms with Crippen molar-refractivity contribution in [2.45, 2.75) is 13.5 Å². The molecular formula is C19H23NO. The molecule has 0 aliphatic heterocycles. The second-order valence-corrected chi connectivity index (χ2v) is 5.32. The molecule has 2 heteroatoms. The summed E-state index contributed by atoms with van der Waals surface area (Å²) < 4.78 is 0. The Morgan fingerprint density at radius 2 is 1.62 bits per heavy atom. The maximum Gasteiger partial charge on any atom is 0.0558 e. The Hall–Kier alpha value is -1.90. The van der Waals surface area contributed by atoms with E-state index in [1.165, 1.54) is 16.7 Å². The summed E-state index contributed by atoms with van der Waals surface area (Å²) in [6.45, 7) is 4.74. The third-order valence-corrected chi connectivity index (χ3v) is 3.35. The average Bonchev–Trinajstić information content (AvgIpc) is 2.49. The van der Waals surface area contributed by atoms with Crippen molar-refractivity contribution >= 4 is 6.08 Å². The molecule has 0 bridgehead atoms. The van der Waals surface area contributed by atoms with E-state index in [-0.39, 0.29) is 6.61 Å². The van der Waals surface area contributed by atoms with Crippen LogP contribution in [0.25, 0.3) is 6.08 Å². The van der Waals surface area contributed by atoms with E-state index < -0.39 is 0 Å². The number of nitrogens with zero attached hydrogens (tertiary/aromatic N) is 1. The lowest BCUT2D eigenvalue weighted by atomic mass is 10.1. The van der Waals surface area contributed by atoms with Crippen LogP contribution in [0.4, 0.5) is 0 Å². The van der Waals surface area contributed by atoms with Crippen molar-refractivity contribution in [2.75, 3.05) is 19.7 Å². The van der Waals surface area contributed by atoms with Gasteiger partial charge in [0.2, 0.25) is 0 Å². The molecule has 0 aliphatic carbocycles. The van der Waals surface area contributed by atoms with Crippen LogP contribution in [-0.4, -0.2) is 29.7 Å². The highest BCUT2D eigenvalue weighted by Gasteiger charge is 2.06. The molecule has 1 N–H and O–H groups in total. The number of rotatable bonds is 7. The van der Waals surface area contributed by atoms with Gasteiger partial charge in [-0.3, -0.25) is 4.90 Å². The van der Waals surface area contributed by atoms with Crippen LogP contribution in [0.15, 0.2) is 66.2 Å². The van der Waals surface area contributed by atoms with Crippen molar-refractivity contribution in [3.8, 4) is 0 Å². The molecule has 0 fully saturated rings. The first-order valence-corrected chi connectivity index (χ1v) is 7.37. The van der Waals surface area contributed by atoms with Crippen LogP contribution < -0.4 is 0 Å². The minimum Gasteiger partial charge on any atom is -0.395 e. The van der Waals surface area contributed by atoms with Gasteiger partial charge < -0.3 is 5.11 Å². The number of benzene rings is 2. The molecule has 0 saturated heterocycles. The van der Waals surface area contributed by atoms with Crippen molar-refractivity contribution in [1.29, 1.82) is 0 Å². The van der Waals surface area contributed by atoms with Gasteiger partial charge >= 0.3 is 0 Å². The zero-order chi connectivity index (χ0) is 14.9. The topological polar surface area (TPSA) is 23.5 Å². The van der Waals surface area contributed by atoms with Gasteiger partial charge in [0.1, 0.15) is 0 Å². The van der Waals surface area contributed by atoms with Crippen LogP contribution in [0.1, 0.15) is 18.1 Å². The van der Waals surface area contributed by atoms with Crippen LogP contribution in [0, 0.1) is 0 Å². The monoisotopic (exact) mass is 281 g/mol. The lowest BCUT2D eigenvalue weighted by molar-refractivity contribution is 0.201. The third kappa shape index (κ3) is 5.54. The van der Waals surface area contributed by atoms with Crippen molar-refractivity contribution in [3.63, 3.8) is 0 Å². The second-order valence-electron chi connectivity index (χ2n) is 5.32. The zero-order valence-corrected chi connectivity index (χ0v) is 12.6. The zero-order valence-electron chi connectivity index (χ0n) is 12.6. The van der Waals surface area contributed by atoms with Crippen LogP contribution >= 0.6 is 0 Å². The summed E-state index contributed by atoms with van der Waals surface area (Å²) in [5.74, 6) is 0. The Bertz CT molecular complexity index is 548. The molecular weight excluding hydrogens is 258 g/mol. The molecule has 0 spiro atoms. The molecule has 0 unspecified atom stereocenters. The molecule has 21 heavy (non-hydrogen) atoms. The van der Waals surface area contributed by atoms with Crippen molar-refractivity contribution < 1.29 is 5.11 Å². The normalized spacial score (nSPS) is 11.9. The average molecular weight is 281 g/mol. The highest BCUT2D eigenvalue weighted by atomic mass is 16.3. The molecule has 0 aliphatic rings. The minimum atomic E-state index is 0.186. The summed E-state index contributed by atoms with van der Waals surface area (Å²) in [5.41, 5.74) is 3.79. The van der Waals surface area contributed by atoms with E-state index in [2.05, 4.69) is 66.4 Å². The standard InChI is InChI=1S/C19H23NO/c1-17(14-18-8-4-2-5-9-18)15-20(12-13-21)16-19-10-6-3-7-11-19/h2-11,14,21H,12-13,15-16H2,1H3/b17-14+. The van der Waals surface area contributed by atoms with Gasteiger partial charge in [-0.15, -0.1) is 0 Å². The maximum absolute atomic E-state index is 9.26. The fourth-order valence-corrected chi connectivity index (χ4v) is 2.43. The minimum absolute atomic E-state index is 0.186. The Kier molecular flexibility index (Phi) is 6.20. The highest BCUT2D eigenvalue weighted by molar-refractivity contribution is 5.52. The first-order chi connectivity index (χ1) is 10.3. The first-order valence-electron chi connectivity index (χ1n) is 7.37. The first kappa shape index (κ1) is 15.5. The molecule has 0 heterocycles. The molecule has 0 saturated carbocycles. The van der Waals surface area contributed by atoms with Crippen molar-refractivity contribution in [3.05, 3.63) is 77.4 Å². The van der Waals surface area contributed by atoms with Crippen LogP contribution in [0.3, 0.4) is 0 Å². The van der Waals surface area contributed by atoms with Gasteiger partial charge in [0.25, 0.3) is 0 Å². The van der Waals surface area contributed by atoms with Gasteiger partial charge in [-0.1, -0.05) is 72.3 Å². The summed E-state index contributed by atoms with van der Waals surface area (Å²) in [7, 11) is 0. The largest absolute Gasteiger partial charge is 0.395 e. The van der Waals surface area contributed by atoms with Gasteiger partial charge in [-0.2, -0.15) is 0 Å². The Labute approximate surface area is 127 Å². The molecule has 110 valence electrons. The fourth-order valence-electron chi connectivity index (χ4n) is 2.43. The lowest BCUT2D eigenvalue weighted by Crippen LogP contribution is -2.28. The second kappa shape index (κ2) is 8.40. The summed E-state index contributed by atoms with van der Waals surface area (Å²) in [5, 5.41) is 9.26. The summed E-state index contributed by atoms with van der Waals surface area (Å²) >= 11 is 0.